The third kappa shape index (κ3) is 2.88. The Balaban J connectivity index is 2.14. The van der Waals surface area contributed by atoms with E-state index in [1.165, 1.54) is 9.79 Å². The summed E-state index contributed by atoms with van der Waals surface area (Å²) >= 11 is 0. The summed E-state index contributed by atoms with van der Waals surface area (Å²) in [7, 11) is -0.746. The van der Waals surface area contributed by atoms with E-state index in [4.69, 9.17) is 0 Å². The molecule has 0 aliphatic heterocycles. The summed E-state index contributed by atoms with van der Waals surface area (Å²) in [6.07, 6.45) is 0. The minimum Gasteiger partial charge on any atom is -0.504 e. The molecule has 2 nitrogen and oxygen atoms in total. The maximum absolute atomic E-state index is 9.80. The van der Waals surface area contributed by atoms with Gasteiger partial charge in [-0.1, -0.05) is 36.4 Å². The SMILES string of the molecule is Oc1ccc([SH](c2ccccc2)c2ccccc2)cc1O. The Kier molecular flexibility index (Phi) is 3.84. The Bertz CT molecular complexity index is 687. The normalized spacial score (nSPS) is 11.1. The first kappa shape index (κ1) is 13.6. The minimum absolute atomic E-state index is 0.0770. The van der Waals surface area contributed by atoms with Crippen molar-refractivity contribution in [2.24, 2.45) is 0 Å². The lowest BCUT2D eigenvalue weighted by Crippen LogP contribution is -1.88. The minimum atomic E-state index is -0.746. The Hall–Kier alpha value is -2.39. The van der Waals surface area contributed by atoms with Crippen LogP contribution < -0.4 is 0 Å². The molecule has 0 unspecified atom stereocenters. The van der Waals surface area contributed by atoms with E-state index in [1.54, 1.807) is 12.1 Å². The van der Waals surface area contributed by atoms with E-state index >= 15 is 0 Å². The maximum atomic E-state index is 9.80. The summed E-state index contributed by atoms with van der Waals surface area (Å²) in [5.74, 6) is -0.165. The van der Waals surface area contributed by atoms with Gasteiger partial charge in [0.15, 0.2) is 11.5 Å². The summed E-state index contributed by atoms with van der Waals surface area (Å²) in [5.41, 5.74) is 0. The van der Waals surface area contributed by atoms with Crippen LogP contribution in [0.3, 0.4) is 0 Å². The molecular weight excluding hydrogens is 280 g/mol. The van der Waals surface area contributed by atoms with Crippen LogP contribution in [0.4, 0.5) is 0 Å². The highest BCUT2D eigenvalue weighted by Gasteiger charge is 2.13. The van der Waals surface area contributed by atoms with E-state index in [1.807, 2.05) is 42.5 Å². The molecule has 0 aromatic heterocycles. The Morgan fingerprint density at radius 3 is 1.52 bits per heavy atom. The van der Waals surface area contributed by atoms with Crippen LogP contribution >= 0.6 is 10.9 Å². The molecule has 3 aromatic rings. The van der Waals surface area contributed by atoms with Crippen LogP contribution in [0.1, 0.15) is 0 Å². The van der Waals surface area contributed by atoms with Crippen LogP contribution in [0.15, 0.2) is 93.5 Å². The van der Waals surface area contributed by atoms with E-state index in [0.29, 0.717) is 0 Å². The molecule has 0 heterocycles. The highest BCUT2D eigenvalue weighted by Crippen LogP contribution is 2.52. The van der Waals surface area contributed by atoms with Gasteiger partial charge in [0.05, 0.1) is 0 Å². The first-order valence-corrected chi connectivity index (χ1v) is 8.02. The lowest BCUT2D eigenvalue weighted by atomic mass is 10.3. The van der Waals surface area contributed by atoms with Crippen LogP contribution in [-0.4, -0.2) is 10.2 Å². The third-order valence-corrected chi connectivity index (χ3v) is 5.67. The molecule has 0 aliphatic carbocycles. The fraction of sp³-hybridized carbons (Fsp3) is 0. The molecule has 0 atom stereocenters. The monoisotopic (exact) mass is 296 g/mol. The molecule has 0 spiro atoms. The highest BCUT2D eigenvalue weighted by atomic mass is 32.2. The second-order valence-corrected chi connectivity index (χ2v) is 6.90. The van der Waals surface area contributed by atoms with Crippen molar-refractivity contribution in [2.45, 2.75) is 14.7 Å². The Morgan fingerprint density at radius 2 is 1.05 bits per heavy atom. The number of hydrogen-bond acceptors (Lipinski definition) is 2. The molecule has 0 aliphatic rings. The van der Waals surface area contributed by atoms with Crippen molar-refractivity contribution in [3.63, 3.8) is 0 Å². The van der Waals surface area contributed by atoms with Crippen LogP contribution in [0.2, 0.25) is 0 Å². The molecule has 106 valence electrons. The zero-order valence-electron chi connectivity index (χ0n) is 11.3. The summed E-state index contributed by atoms with van der Waals surface area (Å²) in [5, 5.41) is 19.3. The lowest BCUT2D eigenvalue weighted by Gasteiger charge is -2.23. The van der Waals surface area contributed by atoms with Crippen molar-refractivity contribution in [1.82, 2.24) is 0 Å². The molecule has 3 rings (SSSR count). The number of benzene rings is 3. The van der Waals surface area contributed by atoms with Gasteiger partial charge in [0, 0.05) is 0 Å². The molecule has 0 bridgehead atoms. The van der Waals surface area contributed by atoms with Gasteiger partial charge in [-0.15, -0.1) is 0 Å². The van der Waals surface area contributed by atoms with Gasteiger partial charge in [0.25, 0.3) is 0 Å². The maximum Gasteiger partial charge on any atom is 0.158 e. The van der Waals surface area contributed by atoms with Gasteiger partial charge in [-0.3, -0.25) is 0 Å². The van der Waals surface area contributed by atoms with Gasteiger partial charge in [-0.25, -0.2) is 0 Å². The van der Waals surface area contributed by atoms with Gasteiger partial charge >= 0.3 is 0 Å². The van der Waals surface area contributed by atoms with E-state index in [0.717, 1.165) is 4.90 Å². The molecule has 21 heavy (non-hydrogen) atoms. The number of rotatable bonds is 3. The van der Waals surface area contributed by atoms with Gasteiger partial charge in [-0.05, 0) is 57.2 Å². The molecule has 0 radical (unpaired) electrons. The zero-order valence-corrected chi connectivity index (χ0v) is 12.2. The molecule has 2 N–H and O–H groups in total. The average molecular weight is 296 g/mol. The van der Waals surface area contributed by atoms with Crippen molar-refractivity contribution in [2.75, 3.05) is 0 Å². The smallest absolute Gasteiger partial charge is 0.158 e. The standard InChI is InChI=1S/C18H16O2S/c19-17-12-11-16(13-18(17)20)21(14-7-3-1-4-8-14)15-9-5-2-6-10-15/h1-13,19-21H. The summed E-state index contributed by atoms with van der Waals surface area (Å²) < 4.78 is 0. The van der Waals surface area contributed by atoms with Gasteiger partial charge in [0.1, 0.15) is 0 Å². The Labute approximate surface area is 126 Å². The predicted octanol–water partition coefficient (Wildman–Crippen LogP) is 4.58. The van der Waals surface area contributed by atoms with E-state index in [2.05, 4.69) is 24.3 Å². The first-order valence-electron chi connectivity index (χ1n) is 6.68. The average Bonchev–Trinajstić information content (AvgIpc) is 2.53. The largest absolute Gasteiger partial charge is 0.504 e. The summed E-state index contributed by atoms with van der Waals surface area (Å²) in [6, 6.07) is 25.6. The Morgan fingerprint density at radius 1 is 0.524 bits per heavy atom. The summed E-state index contributed by atoms with van der Waals surface area (Å²) in [6.45, 7) is 0. The van der Waals surface area contributed by atoms with Crippen LogP contribution in [0.5, 0.6) is 11.5 Å². The second-order valence-electron chi connectivity index (χ2n) is 4.68. The number of phenolic OH excluding ortho intramolecular Hbond substituents is 2. The van der Waals surface area contributed by atoms with Crippen LogP contribution in [0.25, 0.3) is 0 Å². The molecule has 3 aromatic carbocycles. The highest BCUT2D eigenvalue weighted by molar-refractivity contribution is 8.17. The molecule has 0 saturated heterocycles. The van der Waals surface area contributed by atoms with Crippen molar-refractivity contribution >= 4 is 10.9 Å². The van der Waals surface area contributed by atoms with Crippen molar-refractivity contribution in [3.05, 3.63) is 78.9 Å². The van der Waals surface area contributed by atoms with Crippen LogP contribution in [0, 0.1) is 0 Å². The van der Waals surface area contributed by atoms with Crippen LogP contribution in [-0.2, 0) is 0 Å². The first-order chi connectivity index (χ1) is 10.3. The van der Waals surface area contributed by atoms with Crippen molar-refractivity contribution < 1.29 is 10.2 Å². The predicted molar refractivity (Wildman–Crippen MR) is 86.4 cm³/mol. The fourth-order valence-corrected chi connectivity index (χ4v) is 4.56. The van der Waals surface area contributed by atoms with E-state index in [-0.39, 0.29) is 11.5 Å². The van der Waals surface area contributed by atoms with E-state index in [9.17, 15) is 10.2 Å². The number of hydrogen-bond donors (Lipinski definition) is 3. The van der Waals surface area contributed by atoms with Crippen molar-refractivity contribution in [1.29, 1.82) is 0 Å². The van der Waals surface area contributed by atoms with Gasteiger partial charge in [0.2, 0.25) is 0 Å². The second kappa shape index (κ2) is 5.94. The fourth-order valence-electron chi connectivity index (χ4n) is 2.25. The molecule has 3 heteroatoms. The quantitative estimate of drug-likeness (QED) is 0.489. The molecular formula is C18H16O2S. The van der Waals surface area contributed by atoms with Gasteiger partial charge < -0.3 is 10.2 Å². The lowest BCUT2D eigenvalue weighted by molar-refractivity contribution is 0.402. The topological polar surface area (TPSA) is 40.5 Å². The van der Waals surface area contributed by atoms with Crippen molar-refractivity contribution in [3.8, 4) is 11.5 Å². The zero-order chi connectivity index (χ0) is 14.7. The summed E-state index contributed by atoms with van der Waals surface area (Å²) in [4.78, 5) is 3.44. The molecule has 0 saturated carbocycles. The van der Waals surface area contributed by atoms with E-state index < -0.39 is 10.9 Å². The van der Waals surface area contributed by atoms with Gasteiger partial charge in [-0.2, -0.15) is 10.9 Å². The molecule has 0 fully saturated rings. The third-order valence-electron chi connectivity index (χ3n) is 3.25. The number of aromatic hydroxyl groups is 2. The number of phenols is 2. The number of thiol groups is 1. The molecule has 0 amide bonds.